The van der Waals surface area contributed by atoms with Gasteiger partial charge in [-0.3, -0.25) is 0 Å². The third kappa shape index (κ3) is 4.09. The van der Waals surface area contributed by atoms with Crippen molar-refractivity contribution in [3.05, 3.63) is 26.7 Å². The van der Waals surface area contributed by atoms with E-state index in [-0.39, 0.29) is 15.7 Å². The molecule has 0 unspecified atom stereocenters. The Hall–Kier alpha value is -0.130. The maximum atomic E-state index is 11.9. The summed E-state index contributed by atoms with van der Waals surface area (Å²) in [5.74, 6) is 0. The van der Waals surface area contributed by atoms with Crippen LogP contribution in [0, 0.1) is 0 Å². The Morgan fingerprint density at radius 3 is 2.07 bits per heavy atom. The van der Waals surface area contributed by atoms with E-state index in [1.165, 1.54) is 12.1 Å². The molecule has 0 aromatic heterocycles. The van der Waals surface area contributed by atoms with Crippen LogP contribution in [0.15, 0.2) is 16.6 Å². The molecule has 0 saturated heterocycles. The summed E-state index contributed by atoms with van der Waals surface area (Å²) in [4.78, 5) is 0. The third-order valence-corrected chi connectivity index (χ3v) is 2.53. The summed E-state index contributed by atoms with van der Waals surface area (Å²) >= 11 is 14.6. The van der Waals surface area contributed by atoms with Crippen molar-refractivity contribution in [2.45, 2.75) is 6.18 Å². The fourth-order valence-electron chi connectivity index (χ4n) is 0.900. The molecule has 0 heterocycles. The van der Waals surface area contributed by atoms with Crippen molar-refractivity contribution in [2.75, 3.05) is 11.9 Å². The zero-order valence-corrected chi connectivity index (χ0v) is 10.2. The number of halogens is 6. The normalized spacial score (nSPS) is 11.6. The second-order valence-electron chi connectivity index (χ2n) is 2.71. The highest BCUT2D eigenvalue weighted by atomic mass is 79.9. The van der Waals surface area contributed by atoms with Gasteiger partial charge in [0.15, 0.2) is 0 Å². The molecule has 1 nitrogen and oxygen atoms in total. The highest BCUT2D eigenvalue weighted by Gasteiger charge is 2.27. The van der Waals surface area contributed by atoms with E-state index in [2.05, 4.69) is 21.2 Å². The molecule has 84 valence electrons. The van der Waals surface area contributed by atoms with Crippen LogP contribution in [0.4, 0.5) is 18.9 Å². The first-order chi connectivity index (χ1) is 6.79. The topological polar surface area (TPSA) is 12.0 Å². The molecule has 0 radical (unpaired) electrons. The number of alkyl halides is 3. The van der Waals surface area contributed by atoms with Gasteiger partial charge in [0.2, 0.25) is 0 Å². The minimum absolute atomic E-state index is 0.0823. The van der Waals surface area contributed by atoms with Crippen molar-refractivity contribution < 1.29 is 13.2 Å². The molecular formula is C8H5BrCl2F3N. The predicted molar refractivity (Wildman–Crippen MR) is 58.7 cm³/mol. The summed E-state index contributed by atoms with van der Waals surface area (Å²) < 4.78 is 36.4. The Balaban J connectivity index is 2.86. The third-order valence-electron chi connectivity index (χ3n) is 1.47. The van der Waals surface area contributed by atoms with E-state index in [1.807, 2.05) is 0 Å². The summed E-state index contributed by atoms with van der Waals surface area (Å²) in [6.07, 6.45) is -4.31. The summed E-state index contributed by atoms with van der Waals surface area (Å²) in [7, 11) is 0. The van der Waals surface area contributed by atoms with E-state index in [9.17, 15) is 13.2 Å². The number of hydrogen-bond acceptors (Lipinski definition) is 1. The van der Waals surface area contributed by atoms with E-state index in [0.29, 0.717) is 4.47 Å². The molecule has 15 heavy (non-hydrogen) atoms. The van der Waals surface area contributed by atoms with Gasteiger partial charge in [0, 0.05) is 4.47 Å². The minimum atomic E-state index is -4.31. The largest absolute Gasteiger partial charge is 0.405 e. The lowest BCUT2D eigenvalue weighted by Crippen LogP contribution is -2.21. The fraction of sp³-hybridized carbons (Fsp3) is 0.250. The van der Waals surface area contributed by atoms with E-state index < -0.39 is 12.7 Å². The standard InChI is InChI=1S/C8H5BrCl2F3N/c9-4-1-5(10)7(6(11)2-4)15-3-8(12,13)14/h1-2,15H,3H2. The van der Waals surface area contributed by atoms with Crippen molar-refractivity contribution >= 4 is 44.8 Å². The Morgan fingerprint density at radius 1 is 1.20 bits per heavy atom. The van der Waals surface area contributed by atoms with Gasteiger partial charge in [0.25, 0.3) is 0 Å². The minimum Gasteiger partial charge on any atom is -0.374 e. The zero-order valence-electron chi connectivity index (χ0n) is 7.13. The lowest BCUT2D eigenvalue weighted by Gasteiger charge is -2.12. The number of anilines is 1. The monoisotopic (exact) mass is 321 g/mol. The molecule has 0 aliphatic rings. The van der Waals surface area contributed by atoms with Crippen molar-refractivity contribution in [2.24, 2.45) is 0 Å². The van der Waals surface area contributed by atoms with E-state index in [0.717, 1.165) is 0 Å². The highest BCUT2D eigenvalue weighted by Crippen LogP contribution is 2.34. The van der Waals surface area contributed by atoms with Gasteiger partial charge in [-0.25, -0.2) is 0 Å². The van der Waals surface area contributed by atoms with Crippen molar-refractivity contribution in [3.8, 4) is 0 Å². The van der Waals surface area contributed by atoms with Crippen LogP contribution >= 0.6 is 39.1 Å². The van der Waals surface area contributed by atoms with Crippen molar-refractivity contribution in [1.29, 1.82) is 0 Å². The first-order valence-corrected chi connectivity index (χ1v) is 5.29. The van der Waals surface area contributed by atoms with E-state index in [4.69, 9.17) is 23.2 Å². The molecule has 0 fully saturated rings. The smallest absolute Gasteiger partial charge is 0.374 e. The van der Waals surface area contributed by atoms with E-state index in [1.54, 1.807) is 0 Å². The first-order valence-electron chi connectivity index (χ1n) is 3.75. The van der Waals surface area contributed by atoms with Gasteiger partial charge in [-0.2, -0.15) is 13.2 Å². The Labute approximate surface area is 103 Å². The Bertz CT molecular complexity index is 344. The average Bonchev–Trinajstić information content (AvgIpc) is 1.99. The summed E-state index contributed by atoms with van der Waals surface area (Å²) in [5.41, 5.74) is 0.0823. The van der Waals surface area contributed by atoms with Crippen LogP contribution in [0.25, 0.3) is 0 Å². The second-order valence-corrected chi connectivity index (χ2v) is 4.44. The number of hydrogen-bond donors (Lipinski definition) is 1. The molecule has 0 amide bonds. The van der Waals surface area contributed by atoms with Gasteiger partial charge in [-0.15, -0.1) is 0 Å². The van der Waals surface area contributed by atoms with Crippen LogP contribution in [0.5, 0.6) is 0 Å². The van der Waals surface area contributed by atoms with Crippen molar-refractivity contribution in [1.82, 2.24) is 0 Å². The Morgan fingerprint density at radius 2 is 1.67 bits per heavy atom. The average molecular weight is 323 g/mol. The van der Waals surface area contributed by atoms with Gasteiger partial charge in [-0.1, -0.05) is 39.1 Å². The highest BCUT2D eigenvalue weighted by molar-refractivity contribution is 9.10. The lowest BCUT2D eigenvalue weighted by molar-refractivity contribution is -0.115. The first kappa shape index (κ1) is 12.9. The lowest BCUT2D eigenvalue weighted by atomic mass is 10.3. The Kier molecular flexibility index (Phi) is 4.14. The van der Waals surface area contributed by atoms with Crippen LogP contribution < -0.4 is 5.32 Å². The number of benzene rings is 1. The molecule has 0 bridgehead atoms. The van der Waals surface area contributed by atoms with Crippen LogP contribution in [0.1, 0.15) is 0 Å². The molecule has 0 aliphatic carbocycles. The summed E-state index contributed by atoms with van der Waals surface area (Å²) in [6.45, 7) is -1.17. The van der Waals surface area contributed by atoms with Gasteiger partial charge < -0.3 is 5.32 Å². The van der Waals surface area contributed by atoms with Crippen molar-refractivity contribution in [3.63, 3.8) is 0 Å². The molecule has 0 saturated carbocycles. The predicted octanol–water partition coefficient (Wildman–Crippen LogP) is 4.73. The molecule has 1 aromatic carbocycles. The van der Waals surface area contributed by atoms with Gasteiger partial charge in [-0.05, 0) is 12.1 Å². The van der Waals surface area contributed by atoms with Gasteiger partial charge >= 0.3 is 6.18 Å². The SMILES string of the molecule is FC(F)(F)CNc1c(Cl)cc(Br)cc1Cl. The molecule has 0 atom stereocenters. The van der Waals surface area contributed by atoms with Gasteiger partial charge in [0.05, 0.1) is 15.7 Å². The quantitative estimate of drug-likeness (QED) is 0.830. The van der Waals surface area contributed by atoms with Crippen LogP contribution in [0.2, 0.25) is 10.0 Å². The number of rotatable bonds is 2. The van der Waals surface area contributed by atoms with Crippen LogP contribution in [0.3, 0.4) is 0 Å². The second kappa shape index (κ2) is 4.80. The zero-order chi connectivity index (χ0) is 11.6. The molecule has 1 N–H and O–H groups in total. The molecule has 0 aliphatic heterocycles. The maximum absolute atomic E-state index is 11.9. The fourth-order valence-corrected chi connectivity index (χ4v) is 2.24. The molecular weight excluding hydrogens is 318 g/mol. The summed E-state index contributed by atoms with van der Waals surface area (Å²) in [6, 6.07) is 2.93. The van der Waals surface area contributed by atoms with Crippen LogP contribution in [-0.4, -0.2) is 12.7 Å². The molecule has 0 spiro atoms. The van der Waals surface area contributed by atoms with E-state index >= 15 is 0 Å². The van der Waals surface area contributed by atoms with Gasteiger partial charge in [0.1, 0.15) is 6.54 Å². The number of nitrogens with one attached hydrogen (secondary N) is 1. The molecule has 7 heteroatoms. The maximum Gasteiger partial charge on any atom is 0.405 e. The van der Waals surface area contributed by atoms with Crippen LogP contribution in [-0.2, 0) is 0 Å². The molecule has 1 rings (SSSR count). The molecule has 1 aromatic rings. The summed E-state index contributed by atoms with van der Waals surface area (Å²) in [5, 5.41) is 2.41.